The summed E-state index contributed by atoms with van der Waals surface area (Å²) in [6, 6.07) is 5.98. The van der Waals surface area contributed by atoms with Crippen molar-refractivity contribution < 1.29 is 9.50 Å². The Morgan fingerprint density at radius 3 is 2.85 bits per heavy atom. The number of benzene rings is 1. The number of hydrogen-bond acceptors (Lipinski definition) is 1. The summed E-state index contributed by atoms with van der Waals surface area (Å²) in [5.74, 6) is -0.332. The number of rotatable bonds is 3. The Labute approximate surface area is 77.5 Å². The molecule has 1 nitrogen and oxygen atoms in total. The van der Waals surface area contributed by atoms with Gasteiger partial charge in [0.15, 0.2) is 0 Å². The second kappa shape index (κ2) is 3.71. The third-order valence-corrected chi connectivity index (χ3v) is 1.99. The number of hydrogen-bond donors (Lipinski definition) is 1. The lowest BCUT2D eigenvalue weighted by atomic mass is 9.93. The van der Waals surface area contributed by atoms with E-state index in [1.807, 2.05) is 0 Å². The normalized spacial score (nSPS) is 15.0. The molecule has 13 heavy (non-hydrogen) atoms. The van der Waals surface area contributed by atoms with Gasteiger partial charge in [-0.15, -0.1) is 6.58 Å². The van der Waals surface area contributed by atoms with Crippen molar-refractivity contribution in [3.8, 4) is 0 Å². The maximum absolute atomic E-state index is 12.8. The van der Waals surface area contributed by atoms with Gasteiger partial charge in [-0.05, 0) is 31.0 Å². The summed E-state index contributed by atoms with van der Waals surface area (Å²) in [5, 5.41) is 9.87. The highest BCUT2D eigenvalue weighted by molar-refractivity contribution is 5.23. The minimum atomic E-state index is -1.02. The van der Waals surface area contributed by atoms with E-state index >= 15 is 0 Å². The van der Waals surface area contributed by atoms with Gasteiger partial charge in [0.1, 0.15) is 5.82 Å². The molecule has 0 fully saturated rings. The fourth-order valence-electron chi connectivity index (χ4n) is 1.22. The van der Waals surface area contributed by atoms with E-state index in [9.17, 15) is 9.50 Å². The first-order chi connectivity index (χ1) is 6.06. The Kier molecular flexibility index (Phi) is 2.83. The van der Waals surface area contributed by atoms with Crippen LogP contribution in [0.5, 0.6) is 0 Å². The minimum Gasteiger partial charge on any atom is -0.385 e. The third kappa shape index (κ3) is 2.39. The lowest BCUT2D eigenvalue weighted by Crippen LogP contribution is -2.19. The van der Waals surface area contributed by atoms with Crippen molar-refractivity contribution in [2.75, 3.05) is 0 Å². The molecule has 0 bridgehead atoms. The largest absolute Gasteiger partial charge is 0.385 e. The molecule has 1 N–H and O–H groups in total. The van der Waals surface area contributed by atoms with Crippen molar-refractivity contribution in [2.45, 2.75) is 18.9 Å². The van der Waals surface area contributed by atoms with Crippen LogP contribution in [0.1, 0.15) is 18.9 Å². The average Bonchev–Trinajstić information content (AvgIpc) is 2.04. The SMILES string of the molecule is C=CCC(C)(O)c1cccc(F)c1. The second-order valence-corrected chi connectivity index (χ2v) is 3.28. The lowest BCUT2D eigenvalue weighted by Gasteiger charge is -2.21. The van der Waals surface area contributed by atoms with Gasteiger partial charge >= 0.3 is 0 Å². The molecule has 0 saturated heterocycles. The zero-order chi connectivity index (χ0) is 9.90. The highest BCUT2D eigenvalue weighted by Gasteiger charge is 2.21. The van der Waals surface area contributed by atoms with Crippen LogP contribution in [0.3, 0.4) is 0 Å². The molecular weight excluding hydrogens is 167 g/mol. The predicted molar refractivity (Wildman–Crippen MR) is 50.8 cm³/mol. The topological polar surface area (TPSA) is 20.2 Å². The zero-order valence-electron chi connectivity index (χ0n) is 7.63. The van der Waals surface area contributed by atoms with Crippen LogP contribution in [0.15, 0.2) is 36.9 Å². The van der Waals surface area contributed by atoms with Gasteiger partial charge in [0, 0.05) is 0 Å². The third-order valence-electron chi connectivity index (χ3n) is 1.99. The van der Waals surface area contributed by atoms with Gasteiger partial charge in [0.05, 0.1) is 5.60 Å². The predicted octanol–water partition coefficient (Wildman–Crippen LogP) is 2.61. The molecule has 0 saturated carbocycles. The summed E-state index contributed by atoms with van der Waals surface area (Å²) in [7, 11) is 0. The van der Waals surface area contributed by atoms with Crippen LogP contribution in [0, 0.1) is 5.82 Å². The van der Waals surface area contributed by atoms with Gasteiger partial charge < -0.3 is 5.11 Å². The smallest absolute Gasteiger partial charge is 0.123 e. The van der Waals surface area contributed by atoms with Gasteiger partial charge in [-0.1, -0.05) is 18.2 Å². The fraction of sp³-hybridized carbons (Fsp3) is 0.273. The summed E-state index contributed by atoms with van der Waals surface area (Å²) in [6.07, 6.45) is 2.03. The molecule has 1 rings (SSSR count). The van der Waals surface area contributed by atoms with Crippen molar-refractivity contribution in [2.24, 2.45) is 0 Å². The van der Waals surface area contributed by atoms with Crippen molar-refractivity contribution in [3.63, 3.8) is 0 Å². The first-order valence-corrected chi connectivity index (χ1v) is 4.15. The zero-order valence-corrected chi connectivity index (χ0v) is 7.63. The van der Waals surface area contributed by atoms with Crippen molar-refractivity contribution >= 4 is 0 Å². The Balaban J connectivity index is 2.99. The van der Waals surface area contributed by atoms with E-state index in [-0.39, 0.29) is 5.82 Å². The Bertz CT molecular complexity index is 305. The Morgan fingerprint density at radius 2 is 2.31 bits per heavy atom. The van der Waals surface area contributed by atoms with E-state index in [1.54, 1.807) is 25.1 Å². The fourth-order valence-corrected chi connectivity index (χ4v) is 1.22. The van der Waals surface area contributed by atoms with Crippen LogP contribution in [-0.2, 0) is 5.60 Å². The molecule has 0 radical (unpaired) electrons. The molecule has 1 aromatic rings. The van der Waals surface area contributed by atoms with E-state index in [0.717, 1.165) is 0 Å². The van der Waals surface area contributed by atoms with Gasteiger partial charge in [-0.2, -0.15) is 0 Å². The second-order valence-electron chi connectivity index (χ2n) is 3.28. The van der Waals surface area contributed by atoms with E-state index in [2.05, 4.69) is 6.58 Å². The molecule has 1 aromatic carbocycles. The van der Waals surface area contributed by atoms with Crippen LogP contribution in [0.2, 0.25) is 0 Å². The van der Waals surface area contributed by atoms with Gasteiger partial charge in [-0.25, -0.2) is 4.39 Å². The van der Waals surface area contributed by atoms with Crippen LogP contribution in [0.4, 0.5) is 4.39 Å². The van der Waals surface area contributed by atoms with Crippen LogP contribution in [0.25, 0.3) is 0 Å². The van der Waals surface area contributed by atoms with Crippen molar-refractivity contribution in [1.82, 2.24) is 0 Å². The standard InChI is InChI=1S/C11H13FO/c1-3-7-11(2,13)9-5-4-6-10(12)8-9/h3-6,8,13H,1,7H2,2H3. The summed E-state index contributed by atoms with van der Waals surface area (Å²) >= 11 is 0. The van der Waals surface area contributed by atoms with Crippen LogP contribution < -0.4 is 0 Å². The van der Waals surface area contributed by atoms with Gasteiger partial charge in [-0.3, -0.25) is 0 Å². The quantitative estimate of drug-likeness (QED) is 0.709. The average molecular weight is 180 g/mol. The molecule has 1 unspecified atom stereocenters. The molecule has 0 amide bonds. The number of halogens is 1. The van der Waals surface area contributed by atoms with E-state index in [0.29, 0.717) is 12.0 Å². The Morgan fingerprint density at radius 1 is 1.62 bits per heavy atom. The molecule has 0 aliphatic heterocycles. The minimum absolute atomic E-state index is 0.332. The summed E-state index contributed by atoms with van der Waals surface area (Å²) < 4.78 is 12.8. The van der Waals surface area contributed by atoms with Crippen molar-refractivity contribution in [3.05, 3.63) is 48.3 Å². The van der Waals surface area contributed by atoms with Crippen LogP contribution >= 0.6 is 0 Å². The molecule has 0 aromatic heterocycles. The molecule has 0 aliphatic rings. The maximum Gasteiger partial charge on any atom is 0.123 e. The van der Waals surface area contributed by atoms with Gasteiger partial charge in [0.25, 0.3) is 0 Å². The van der Waals surface area contributed by atoms with E-state index in [1.165, 1.54) is 12.1 Å². The van der Waals surface area contributed by atoms with E-state index < -0.39 is 5.60 Å². The van der Waals surface area contributed by atoms with Crippen LogP contribution in [-0.4, -0.2) is 5.11 Å². The molecule has 0 aliphatic carbocycles. The molecule has 2 heteroatoms. The van der Waals surface area contributed by atoms with Gasteiger partial charge in [0.2, 0.25) is 0 Å². The summed E-state index contributed by atoms with van der Waals surface area (Å²) in [6.45, 7) is 5.18. The molecule has 70 valence electrons. The summed E-state index contributed by atoms with van der Waals surface area (Å²) in [4.78, 5) is 0. The first-order valence-electron chi connectivity index (χ1n) is 4.15. The van der Waals surface area contributed by atoms with E-state index in [4.69, 9.17) is 0 Å². The maximum atomic E-state index is 12.8. The first kappa shape index (κ1) is 9.93. The van der Waals surface area contributed by atoms with Crippen molar-refractivity contribution in [1.29, 1.82) is 0 Å². The summed E-state index contributed by atoms with van der Waals surface area (Å²) in [5.41, 5.74) is -0.448. The molecule has 1 atom stereocenters. The molecule has 0 spiro atoms. The molecule has 0 heterocycles. The monoisotopic (exact) mass is 180 g/mol. The highest BCUT2D eigenvalue weighted by atomic mass is 19.1. The highest BCUT2D eigenvalue weighted by Crippen LogP contribution is 2.24. The lowest BCUT2D eigenvalue weighted by molar-refractivity contribution is 0.0603. The number of aliphatic hydroxyl groups is 1. The molecular formula is C11H13FO. The Hall–Kier alpha value is -1.15.